The van der Waals surface area contributed by atoms with Crippen LogP contribution in [0.15, 0.2) is 77.8 Å². The number of hydrogen-bond acceptors (Lipinski definition) is 8. The highest BCUT2D eigenvalue weighted by Gasteiger charge is 2.56. The van der Waals surface area contributed by atoms with Crippen LogP contribution in [0.5, 0.6) is 23.0 Å². The molecule has 1 aliphatic carbocycles. The van der Waals surface area contributed by atoms with E-state index in [0.717, 1.165) is 22.0 Å². The van der Waals surface area contributed by atoms with Crippen LogP contribution in [0.3, 0.4) is 0 Å². The van der Waals surface area contributed by atoms with Gasteiger partial charge in [0.1, 0.15) is 39.7 Å². The summed E-state index contributed by atoms with van der Waals surface area (Å²) in [5.74, 6) is -2.09. The molecule has 4 aromatic rings. The van der Waals surface area contributed by atoms with E-state index in [1.807, 2.05) is 54.7 Å². The van der Waals surface area contributed by atoms with Gasteiger partial charge in [0.05, 0.1) is 18.2 Å². The molecule has 2 aliphatic rings. The monoisotopic (exact) mass is 592 g/mol. The number of rotatable bonds is 7. The van der Waals surface area contributed by atoms with Crippen LogP contribution in [0.4, 0.5) is 0 Å². The first-order chi connectivity index (χ1) is 21.0. The molecule has 3 aromatic carbocycles. The summed E-state index contributed by atoms with van der Waals surface area (Å²) in [5.41, 5.74) is 1.55. The topological polar surface area (TPSA) is 138 Å². The maximum atomic E-state index is 14.3. The molecule has 0 fully saturated rings. The first-order valence-corrected chi connectivity index (χ1v) is 14.2. The Kier molecular flexibility index (Phi) is 6.84. The molecule has 0 amide bonds. The molecule has 6 rings (SSSR count). The Bertz CT molecular complexity index is 1970. The van der Waals surface area contributed by atoms with E-state index in [1.54, 1.807) is 21.0 Å². The van der Waals surface area contributed by atoms with Gasteiger partial charge in [-0.15, -0.1) is 0 Å². The second kappa shape index (κ2) is 10.4. The fraction of sp³-hybridized carbons (Fsp3) is 0.229. The van der Waals surface area contributed by atoms with E-state index in [4.69, 9.17) is 9.47 Å². The molecule has 2 atom stereocenters. The number of hydrogen-bond donors (Lipinski definition) is 4. The van der Waals surface area contributed by atoms with Gasteiger partial charge in [-0.3, -0.25) is 14.4 Å². The first kappa shape index (κ1) is 28.8. The number of benzene rings is 3. The molecule has 0 bridgehead atoms. The lowest BCUT2D eigenvalue weighted by Crippen LogP contribution is -2.41. The van der Waals surface area contributed by atoms with Crippen molar-refractivity contribution >= 4 is 28.3 Å². The molecule has 0 radical (unpaired) electrons. The lowest BCUT2D eigenvalue weighted by molar-refractivity contribution is -0.123. The Hall–Kier alpha value is -5.31. The molecule has 9 heteroatoms. The van der Waals surface area contributed by atoms with E-state index in [1.165, 1.54) is 19.9 Å². The number of aromatic hydroxyl groups is 2. The highest BCUT2D eigenvalue weighted by Crippen LogP contribution is 2.57. The maximum Gasteiger partial charge on any atom is 0.194 e. The van der Waals surface area contributed by atoms with E-state index in [-0.39, 0.29) is 45.4 Å². The molecule has 1 aromatic heterocycles. The van der Waals surface area contributed by atoms with Gasteiger partial charge in [-0.2, -0.15) is 0 Å². The summed E-state index contributed by atoms with van der Waals surface area (Å²) in [6.07, 6.45) is 3.17. The lowest BCUT2D eigenvalue weighted by atomic mass is 9.70. The number of phenolic OH excluding ortho intramolecular Hbond substituents is 2. The minimum atomic E-state index is -1.59. The highest BCUT2D eigenvalue weighted by atomic mass is 16.5. The standard InChI is InChI=1S/C35H32N2O7/c1-17-31(40)29(19(3)38)33-30(32(17)41)35(4)27(44-33)14-25(39)28(34(35)42)18(2)36-15-23(21-11-7-9-13-26(21)43-5)22-16-37-24-12-8-6-10-20(22)24/h6-14,16,23,36-37,40-41H,15H2,1-5H3/b28-18+/t23-,35+/m1/s1. The van der Waals surface area contributed by atoms with E-state index < -0.39 is 28.5 Å². The number of carbonyl (C=O) groups is 3. The zero-order chi connectivity index (χ0) is 31.5. The number of ketones is 3. The van der Waals surface area contributed by atoms with Crippen LogP contribution in [0, 0.1) is 6.92 Å². The molecule has 1 aliphatic heterocycles. The van der Waals surface area contributed by atoms with Crippen molar-refractivity contribution in [3.8, 4) is 23.0 Å². The summed E-state index contributed by atoms with van der Waals surface area (Å²) >= 11 is 0. The smallest absolute Gasteiger partial charge is 0.194 e. The second-order valence-corrected chi connectivity index (χ2v) is 11.4. The molecule has 0 saturated heterocycles. The summed E-state index contributed by atoms with van der Waals surface area (Å²) in [6.45, 7) is 6.25. The van der Waals surface area contributed by atoms with Gasteiger partial charge in [0.25, 0.3) is 0 Å². The molecule has 0 unspecified atom stereocenters. The van der Waals surface area contributed by atoms with Crippen molar-refractivity contribution in [1.82, 2.24) is 10.3 Å². The summed E-state index contributed by atoms with van der Waals surface area (Å²) in [4.78, 5) is 43.5. The van der Waals surface area contributed by atoms with E-state index in [9.17, 15) is 24.6 Å². The van der Waals surface area contributed by atoms with Crippen molar-refractivity contribution < 1.29 is 34.1 Å². The number of nitrogens with one attached hydrogen (secondary N) is 2. The van der Waals surface area contributed by atoms with Crippen molar-refractivity contribution in [2.45, 2.75) is 39.0 Å². The molecule has 2 heterocycles. The largest absolute Gasteiger partial charge is 0.507 e. The number of aromatic amines is 1. The minimum Gasteiger partial charge on any atom is -0.507 e. The third kappa shape index (κ3) is 4.11. The number of Topliss-reactive ketones (excluding diaryl/α,β-unsaturated/α-hetero) is 2. The van der Waals surface area contributed by atoms with Gasteiger partial charge in [0.2, 0.25) is 0 Å². The van der Waals surface area contributed by atoms with Gasteiger partial charge in [-0.1, -0.05) is 36.4 Å². The number of H-pyrrole nitrogens is 1. The Morgan fingerprint density at radius 3 is 2.48 bits per heavy atom. The van der Waals surface area contributed by atoms with Crippen molar-refractivity contribution in [2.75, 3.05) is 13.7 Å². The average molecular weight is 593 g/mol. The second-order valence-electron chi connectivity index (χ2n) is 11.4. The van der Waals surface area contributed by atoms with Gasteiger partial charge in [-0.25, -0.2) is 0 Å². The summed E-state index contributed by atoms with van der Waals surface area (Å²) in [5, 5.41) is 26.1. The number of methoxy groups -OCH3 is 1. The van der Waals surface area contributed by atoms with E-state index in [0.29, 0.717) is 18.0 Å². The fourth-order valence-electron chi connectivity index (χ4n) is 6.43. The normalized spacial score (nSPS) is 19.2. The molecule has 0 saturated carbocycles. The summed E-state index contributed by atoms with van der Waals surface area (Å²) in [6, 6.07) is 15.7. The first-order valence-electron chi connectivity index (χ1n) is 14.2. The number of ether oxygens (including phenoxy) is 2. The van der Waals surface area contributed by atoms with Crippen molar-refractivity contribution in [2.24, 2.45) is 0 Å². The van der Waals surface area contributed by atoms with Crippen molar-refractivity contribution in [3.05, 3.63) is 106 Å². The highest BCUT2D eigenvalue weighted by molar-refractivity contribution is 6.31. The number of aromatic nitrogens is 1. The molecular formula is C35H32N2O7. The third-order valence-corrected chi connectivity index (χ3v) is 8.84. The summed E-state index contributed by atoms with van der Waals surface area (Å²) in [7, 11) is 1.62. The van der Waals surface area contributed by atoms with Crippen molar-refractivity contribution in [1.29, 1.82) is 0 Å². The Morgan fingerprint density at radius 2 is 1.75 bits per heavy atom. The van der Waals surface area contributed by atoms with Gasteiger partial charge < -0.3 is 30.0 Å². The van der Waals surface area contributed by atoms with Gasteiger partial charge >= 0.3 is 0 Å². The number of para-hydroxylation sites is 2. The zero-order valence-electron chi connectivity index (χ0n) is 25.0. The van der Waals surface area contributed by atoms with Crippen LogP contribution in [-0.4, -0.2) is 46.2 Å². The van der Waals surface area contributed by atoms with Crippen LogP contribution in [0.1, 0.15) is 59.3 Å². The third-order valence-electron chi connectivity index (χ3n) is 8.84. The minimum absolute atomic E-state index is 0.00691. The van der Waals surface area contributed by atoms with E-state index >= 15 is 0 Å². The molecular weight excluding hydrogens is 560 g/mol. The van der Waals surface area contributed by atoms with Crippen LogP contribution in [-0.2, 0) is 15.0 Å². The quantitative estimate of drug-likeness (QED) is 0.126. The Morgan fingerprint density at radius 1 is 1.05 bits per heavy atom. The van der Waals surface area contributed by atoms with Crippen LogP contribution in [0.2, 0.25) is 0 Å². The SMILES string of the molecule is COc1ccccc1[C@@H](CN/C(C)=C1\C(=O)C=C2Oc3c(C(C)=O)c(O)c(C)c(O)c3[C@@]2(C)C1=O)c1c[nH]c2ccccc12. The van der Waals surface area contributed by atoms with Gasteiger partial charge in [-0.05, 0) is 45.4 Å². The molecule has 9 nitrogen and oxygen atoms in total. The lowest BCUT2D eigenvalue weighted by Gasteiger charge is -2.29. The van der Waals surface area contributed by atoms with Crippen LogP contribution >= 0.6 is 0 Å². The Balaban J connectivity index is 1.43. The predicted molar refractivity (Wildman–Crippen MR) is 164 cm³/mol. The zero-order valence-corrected chi connectivity index (χ0v) is 25.0. The molecule has 224 valence electrons. The fourth-order valence-corrected chi connectivity index (χ4v) is 6.43. The van der Waals surface area contributed by atoms with Crippen molar-refractivity contribution in [3.63, 3.8) is 0 Å². The molecule has 44 heavy (non-hydrogen) atoms. The number of phenols is 2. The average Bonchev–Trinajstić information content (AvgIpc) is 3.55. The van der Waals surface area contributed by atoms with Gasteiger partial charge in [0.15, 0.2) is 17.3 Å². The number of allylic oxidation sites excluding steroid dienone is 4. The maximum absolute atomic E-state index is 14.3. The van der Waals surface area contributed by atoms with E-state index in [2.05, 4.69) is 10.3 Å². The summed E-state index contributed by atoms with van der Waals surface area (Å²) < 4.78 is 11.6. The Labute approximate surface area is 253 Å². The molecule has 4 N–H and O–H groups in total. The van der Waals surface area contributed by atoms with Crippen LogP contribution in [0.25, 0.3) is 10.9 Å². The number of carbonyl (C=O) groups excluding carboxylic acids is 3. The predicted octanol–water partition coefficient (Wildman–Crippen LogP) is 5.48. The van der Waals surface area contributed by atoms with Gasteiger partial charge in [0, 0.05) is 52.5 Å². The number of fused-ring (bicyclic) bond motifs is 4. The van der Waals surface area contributed by atoms with Crippen LogP contribution < -0.4 is 14.8 Å². The molecule has 0 spiro atoms.